The smallest absolute Gasteiger partial charge is 0.246 e. The van der Waals surface area contributed by atoms with Crippen LogP contribution in [0, 0.1) is 5.82 Å². The first-order valence-electron chi connectivity index (χ1n) is 6.03. The Morgan fingerprint density at radius 2 is 2.22 bits per heavy atom. The van der Waals surface area contributed by atoms with Crippen molar-refractivity contribution in [1.82, 2.24) is 4.31 Å². The van der Waals surface area contributed by atoms with E-state index in [0.29, 0.717) is 6.54 Å². The molecule has 1 heterocycles. The zero-order valence-corrected chi connectivity index (χ0v) is 11.1. The molecule has 0 spiro atoms. The van der Waals surface area contributed by atoms with Gasteiger partial charge in [-0.05, 0) is 37.5 Å². The molecule has 1 aliphatic rings. The van der Waals surface area contributed by atoms with E-state index in [0.717, 1.165) is 25.3 Å². The van der Waals surface area contributed by atoms with Crippen molar-refractivity contribution in [3.05, 3.63) is 24.0 Å². The van der Waals surface area contributed by atoms with Crippen LogP contribution in [0.4, 0.5) is 10.1 Å². The molecule has 18 heavy (non-hydrogen) atoms. The molecule has 0 bridgehead atoms. The lowest BCUT2D eigenvalue weighted by molar-refractivity contribution is 0.377. The lowest BCUT2D eigenvalue weighted by Crippen LogP contribution is -2.35. The van der Waals surface area contributed by atoms with E-state index in [1.54, 1.807) is 0 Å². The summed E-state index contributed by atoms with van der Waals surface area (Å²) in [6, 6.07) is 3.68. The maximum Gasteiger partial charge on any atom is 0.246 e. The van der Waals surface area contributed by atoms with Crippen LogP contribution < -0.4 is 5.73 Å². The first-order chi connectivity index (χ1) is 8.46. The third-order valence-corrected chi connectivity index (χ3v) is 5.32. The van der Waals surface area contributed by atoms with Crippen LogP contribution in [0.5, 0.6) is 0 Å². The molecule has 0 aromatic heterocycles. The van der Waals surface area contributed by atoms with Gasteiger partial charge in [-0.2, -0.15) is 4.31 Å². The molecule has 100 valence electrons. The average molecular weight is 272 g/mol. The summed E-state index contributed by atoms with van der Waals surface area (Å²) in [7, 11) is -3.74. The van der Waals surface area contributed by atoms with Crippen LogP contribution in [-0.4, -0.2) is 25.3 Å². The van der Waals surface area contributed by atoms with Crippen molar-refractivity contribution in [1.29, 1.82) is 0 Å². The number of nitrogen functional groups attached to an aromatic ring is 1. The second-order valence-corrected chi connectivity index (χ2v) is 6.37. The number of nitrogens with zero attached hydrogens (tertiary/aromatic N) is 1. The average Bonchev–Trinajstić information content (AvgIpc) is 2.76. The lowest BCUT2D eigenvalue weighted by atomic mass is 10.2. The van der Waals surface area contributed by atoms with E-state index in [9.17, 15) is 12.8 Å². The van der Waals surface area contributed by atoms with Gasteiger partial charge < -0.3 is 5.73 Å². The van der Waals surface area contributed by atoms with Crippen LogP contribution in [-0.2, 0) is 10.0 Å². The van der Waals surface area contributed by atoms with Gasteiger partial charge >= 0.3 is 0 Å². The fourth-order valence-corrected chi connectivity index (χ4v) is 4.20. The molecule has 1 aromatic carbocycles. The maximum absolute atomic E-state index is 13.7. The number of sulfonamides is 1. The molecular formula is C12H17FN2O2S. The Bertz CT molecular complexity index is 545. The monoisotopic (exact) mass is 272 g/mol. The predicted molar refractivity (Wildman–Crippen MR) is 68.0 cm³/mol. The van der Waals surface area contributed by atoms with Crippen molar-refractivity contribution in [3.63, 3.8) is 0 Å². The van der Waals surface area contributed by atoms with Gasteiger partial charge in [0.25, 0.3) is 0 Å². The SMILES string of the molecule is CCC1CCCN1S(=O)(=O)c1ccc(N)cc1F. The minimum absolute atomic E-state index is 0.0213. The van der Waals surface area contributed by atoms with Gasteiger partial charge in [0, 0.05) is 18.3 Å². The fraction of sp³-hybridized carbons (Fsp3) is 0.500. The summed E-state index contributed by atoms with van der Waals surface area (Å²) in [6.07, 6.45) is 2.41. The Labute approximate surface area is 107 Å². The Kier molecular flexibility index (Phi) is 3.59. The standard InChI is InChI=1S/C12H17FN2O2S/c1-2-10-4-3-7-15(10)18(16,17)12-6-5-9(14)8-11(12)13/h5-6,8,10H,2-4,7,14H2,1H3. The highest BCUT2D eigenvalue weighted by Crippen LogP contribution is 2.29. The van der Waals surface area contributed by atoms with E-state index in [-0.39, 0.29) is 16.6 Å². The second-order valence-electron chi connectivity index (χ2n) is 4.51. The number of hydrogen-bond acceptors (Lipinski definition) is 3. The van der Waals surface area contributed by atoms with Crippen LogP contribution in [0.3, 0.4) is 0 Å². The van der Waals surface area contributed by atoms with Crippen LogP contribution >= 0.6 is 0 Å². The Balaban J connectivity index is 2.42. The molecule has 1 saturated heterocycles. The molecule has 1 unspecified atom stereocenters. The van der Waals surface area contributed by atoms with E-state index in [1.165, 1.54) is 16.4 Å². The molecule has 0 amide bonds. The third kappa shape index (κ3) is 2.22. The summed E-state index contributed by atoms with van der Waals surface area (Å²) in [4.78, 5) is -0.281. The van der Waals surface area contributed by atoms with Crippen LogP contribution in [0.15, 0.2) is 23.1 Å². The molecule has 4 nitrogen and oxygen atoms in total. The molecule has 6 heteroatoms. The molecule has 2 N–H and O–H groups in total. The van der Waals surface area contributed by atoms with Gasteiger partial charge in [-0.15, -0.1) is 0 Å². The normalized spacial score (nSPS) is 21.3. The van der Waals surface area contributed by atoms with E-state index < -0.39 is 15.8 Å². The number of hydrogen-bond donors (Lipinski definition) is 1. The van der Waals surface area contributed by atoms with Crippen molar-refractivity contribution >= 4 is 15.7 Å². The quantitative estimate of drug-likeness (QED) is 0.856. The summed E-state index contributed by atoms with van der Waals surface area (Å²) < 4.78 is 39.9. The second kappa shape index (κ2) is 4.85. The van der Waals surface area contributed by atoms with E-state index in [2.05, 4.69) is 0 Å². The number of halogens is 1. The van der Waals surface area contributed by atoms with Gasteiger partial charge in [0.05, 0.1) is 0 Å². The van der Waals surface area contributed by atoms with Gasteiger partial charge in [0.15, 0.2) is 0 Å². The molecule has 0 radical (unpaired) electrons. The largest absolute Gasteiger partial charge is 0.399 e. The van der Waals surface area contributed by atoms with Crippen molar-refractivity contribution in [2.75, 3.05) is 12.3 Å². The van der Waals surface area contributed by atoms with Gasteiger partial charge in [-0.3, -0.25) is 0 Å². The number of benzene rings is 1. The van der Waals surface area contributed by atoms with Gasteiger partial charge in [-0.1, -0.05) is 6.92 Å². The number of nitrogens with two attached hydrogens (primary N) is 1. The van der Waals surface area contributed by atoms with E-state index >= 15 is 0 Å². The first-order valence-corrected chi connectivity index (χ1v) is 7.47. The lowest BCUT2D eigenvalue weighted by Gasteiger charge is -2.23. The van der Waals surface area contributed by atoms with Gasteiger partial charge in [0.1, 0.15) is 10.7 Å². The molecule has 2 rings (SSSR count). The van der Waals surface area contributed by atoms with Crippen LogP contribution in [0.1, 0.15) is 26.2 Å². The summed E-state index contributed by atoms with van der Waals surface area (Å²) in [5.41, 5.74) is 5.65. The van der Waals surface area contributed by atoms with Crippen molar-refractivity contribution in [3.8, 4) is 0 Å². The minimum atomic E-state index is -3.74. The summed E-state index contributed by atoms with van der Waals surface area (Å²) in [5.74, 6) is -0.781. The number of rotatable bonds is 3. The van der Waals surface area contributed by atoms with E-state index in [4.69, 9.17) is 5.73 Å². The van der Waals surface area contributed by atoms with Crippen LogP contribution in [0.25, 0.3) is 0 Å². The minimum Gasteiger partial charge on any atom is -0.399 e. The molecule has 0 saturated carbocycles. The fourth-order valence-electron chi connectivity index (χ4n) is 2.39. The molecular weight excluding hydrogens is 255 g/mol. The zero-order chi connectivity index (χ0) is 13.3. The Morgan fingerprint density at radius 3 is 2.83 bits per heavy atom. The number of anilines is 1. The van der Waals surface area contributed by atoms with E-state index in [1.807, 2.05) is 6.92 Å². The highest BCUT2D eigenvalue weighted by molar-refractivity contribution is 7.89. The Hall–Kier alpha value is -1.14. The first kappa shape index (κ1) is 13.3. The topological polar surface area (TPSA) is 63.4 Å². The molecule has 1 aliphatic heterocycles. The van der Waals surface area contributed by atoms with Crippen LogP contribution in [0.2, 0.25) is 0 Å². The Morgan fingerprint density at radius 1 is 1.50 bits per heavy atom. The molecule has 1 aromatic rings. The zero-order valence-electron chi connectivity index (χ0n) is 10.3. The highest BCUT2D eigenvalue weighted by atomic mass is 32.2. The van der Waals surface area contributed by atoms with Crippen molar-refractivity contribution in [2.24, 2.45) is 0 Å². The van der Waals surface area contributed by atoms with Gasteiger partial charge in [-0.25, -0.2) is 12.8 Å². The van der Waals surface area contributed by atoms with Gasteiger partial charge in [0.2, 0.25) is 10.0 Å². The molecule has 0 aliphatic carbocycles. The third-order valence-electron chi connectivity index (χ3n) is 3.34. The highest BCUT2D eigenvalue weighted by Gasteiger charge is 2.35. The molecule has 1 fully saturated rings. The predicted octanol–water partition coefficient (Wildman–Crippen LogP) is 1.97. The summed E-state index contributed by atoms with van der Waals surface area (Å²) in [5, 5.41) is 0. The molecule has 1 atom stereocenters. The van der Waals surface area contributed by atoms with Crippen molar-refractivity contribution < 1.29 is 12.8 Å². The summed E-state index contributed by atoms with van der Waals surface area (Å²) >= 11 is 0. The van der Waals surface area contributed by atoms with Crippen molar-refractivity contribution in [2.45, 2.75) is 37.1 Å². The maximum atomic E-state index is 13.7. The summed E-state index contributed by atoms with van der Waals surface area (Å²) in [6.45, 7) is 2.41.